The largest absolute Gasteiger partial charge is 0.338 e. The number of rotatable bonds is 6. The molecule has 1 aromatic rings. The molecule has 20 heavy (non-hydrogen) atoms. The molecule has 1 saturated carbocycles. The minimum atomic E-state index is -0.114. The van der Waals surface area contributed by atoms with Gasteiger partial charge in [0, 0.05) is 18.3 Å². The number of hydrogen-bond donors (Lipinski definition) is 3. The fraction of sp³-hybridized carbons (Fsp3) is 0.562. The summed E-state index contributed by atoms with van der Waals surface area (Å²) in [4.78, 5) is 11.8. The molecule has 0 aromatic heterocycles. The molecule has 4 nitrogen and oxygen atoms in total. The van der Waals surface area contributed by atoms with Crippen LogP contribution in [0.1, 0.15) is 38.8 Å². The van der Waals surface area contributed by atoms with Gasteiger partial charge in [0.25, 0.3) is 0 Å². The van der Waals surface area contributed by atoms with Crippen LogP contribution < -0.4 is 16.0 Å². The second-order valence-corrected chi connectivity index (χ2v) is 5.71. The first-order valence-electron chi connectivity index (χ1n) is 7.48. The summed E-state index contributed by atoms with van der Waals surface area (Å²) in [5.74, 6) is 1.43. The smallest absolute Gasteiger partial charge is 0.319 e. The Morgan fingerprint density at radius 1 is 1.45 bits per heavy atom. The molecule has 3 atom stereocenters. The minimum Gasteiger partial charge on any atom is -0.338 e. The van der Waals surface area contributed by atoms with Gasteiger partial charge >= 0.3 is 6.03 Å². The summed E-state index contributed by atoms with van der Waals surface area (Å²) in [5.41, 5.74) is 2.02. The van der Waals surface area contributed by atoms with Gasteiger partial charge in [0.15, 0.2) is 0 Å². The van der Waals surface area contributed by atoms with Gasteiger partial charge in [-0.1, -0.05) is 26.0 Å². The number of benzene rings is 1. The van der Waals surface area contributed by atoms with E-state index < -0.39 is 0 Å². The summed E-state index contributed by atoms with van der Waals surface area (Å²) in [6.45, 7) is 8.14. The molecule has 0 saturated heterocycles. The van der Waals surface area contributed by atoms with Crippen molar-refractivity contribution in [2.75, 3.05) is 18.4 Å². The van der Waals surface area contributed by atoms with Gasteiger partial charge in [-0.25, -0.2) is 4.79 Å². The van der Waals surface area contributed by atoms with E-state index in [0.717, 1.165) is 24.7 Å². The van der Waals surface area contributed by atoms with E-state index in [2.05, 4.69) is 42.8 Å². The number of urea groups is 1. The Kier molecular flexibility index (Phi) is 5.01. The Hall–Kier alpha value is -1.55. The highest BCUT2D eigenvalue weighted by atomic mass is 16.2. The average molecular weight is 275 g/mol. The highest BCUT2D eigenvalue weighted by molar-refractivity contribution is 5.89. The zero-order valence-corrected chi connectivity index (χ0v) is 12.6. The zero-order valence-electron chi connectivity index (χ0n) is 12.6. The molecule has 3 N–H and O–H groups in total. The van der Waals surface area contributed by atoms with Crippen LogP contribution in [-0.4, -0.2) is 19.1 Å². The predicted molar refractivity (Wildman–Crippen MR) is 82.8 cm³/mol. The van der Waals surface area contributed by atoms with Crippen molar-refractivity contribution >= 4 is 11.7 Å². The Morgan fingerprint density at radius 3 is 2.85 bits per heavy atom. The van der Waals surface area contributed by atoms with Crippen molar-refractivity contribution < 1.29 is 4.79 Å². The number of carbonyl (C=O) groups is 1. The molecule has 110 valence electrons. The van der Waals surface area contributed by atoms with Crippen LogP contribution in [0.2, 0.25) is 0 Å². The van der Waals surface area contributed by atoms with E-state index in [9.17, 15) is 4.79 Å². The third-order valence-electron chi connectivity index (χ3n) is 3.96. The lowest BCUT2D eigenvalue weighted by atomic mass is 10.1. The highest BCUT2D eigenvalue weighted by Crippen LogP contribution is 2.36. The van der Waals surface area contributed by atoms with Crippen LogP contribution in [0.4, 0.5) is 10.5 Å². The van der Waals surface area contributed by atoms with Gasteiger partial charge in [-0.15, -0.1) is 0 Å². The Morgan fingerprint density at radius 2 is 2.20 bits per heavy atom. The number of carbonyl (C=O) groups excluding carboxylic acids is 1. The SMILES string of the molecule is CCNC(C)c1cccc(NC(=O)NCC2CC2C)c1. The maximum Gasteiger partial charge on any atom is 0.319 e. The van der Waals surface area contributed by atoms with Gasteiger partial charge in [-0.05, 0) is 49.4 Å². The number of nitrogens with one attached hydrogen (secondary N) is 3. The van der Waals surface area contributed by atoms with E-state index in [1.54, 1.807) is 0 Å². The lowest BCUT2D eigenvalue weighted by Gasteiger charge is -2.14. The molecule has 0 heterocycles. The topological polar surface area (TPSA) is 53.2 Å². The Balaban J connectivity index is 1.85. The standard InChI is InChI=1S/C16H25N3O/c1-4-17-12(3)13-6-5-7-15(9-13)19-16(20)18-10-14-8-11(14)2/h5-7,9,11-12,14,17H,4,8,10H2,1-3H3,(H2,18,19,20). The molecule has 3 unspecified atom stereocenters. The van der Waals surface area contributed by atoms with Gasteiger partial charge in [-0.3, -0.25) is 0 Å². The predicted octanol–water partition coefficient (Wildman–Crippen LogP) is 3.13. The second kappa shape index (κ2) is 6.75. The average Bonchev–Trinajstić information content (AvgIpc) is 3.13. The lowest BCUT2D eigenvalue weighted by molar-refractivity contribution is 0.251. The molecule has 2 amide bonds. The summed E-state index contributed by atoms with van der Waals surface area (Å²) >= 11 is 0. The normalized spacial score (nSPS) is 22.1. The molecule has 1 aliphatic carbocycles. The molecular formula is C16H25N3O. The van der Waals surface area contributed by atoms with Crippen molar-refractivity contribution in [3.05, 3.63) is 29.8 Å². The minimum absolute atomic E-state index is 0.114. The molecule has 0 spiro atoms. The van der Waals surface area contributed by atoms with Crippen LogP contribution in [0, 0.1) is 11.8 Å². The fourth-order valence-corrected chi connectivity index (χ4v) is 2.39. The van der Waals surface area contributed by atoms with Gasteiger partial charge in [-0.2, -0.15) is 0 Å². The third kappa shape index (κ3) is 4.23. The first-order chi connectivity index (χ1) is 9.60. The zero-order chi connectivity index (χ0) is 14.5. The van der Waals surface area contributed by atoms with Crippen LogP contribution in [0.5, 0.6) is 0 Å². The van der Waals surface area contributed by atoms with Crippen molar-refractivity contribution in [2.24, 2.45) is 11.8 Å². The summed E-state index contributed by atoms with van der Waals surface area (Å²) in [6, 6.07) is 8.16. The van der Waals surface area contributed by atoms with Crippen LogP contribution in [0.3, 0.4) is 0 Å². The summed E-state index contributed by atoms with van der Waals surface area (Å²) in [7, 11) is 0. The molecule has 1 fully saturated rings. The quantitative estimate of drug-likeness (QED) is 0.747. The lowest BCUT2D eigenvalue weighted by Crippen LogP contribution is -2.30. The van der Waals surface area contributed by atoms with Crippen molar-refractivity contribution in [1.82, 2.24) is 10.6 Å². The highest BCUT2D eigenvalue weighted by Gasteiger charge is 2.32. The van der Waals surface area contributed by atoms with E-state index >= 15 is 0 Å². The van der Waals surface area contributed by atoms with Gasteiger partial charge in [0.05, 0.1) is 0 Å². The number of anilines is 1. The van der Waals surface area contributed by atoms with Gasteiger partial charge in [0.1, 0.15) is 0 Å². The molecule has 0 radical (unpaired) electrons. The Bertz CT molecular complexity index is 461. The summed E-state index contributed by atoms with van der Waals surface area (Å²) < 4.78 is 0. The molecule has 4 heteroatoms. The van der Waals surface area contributed by atoms with Crippen LogP contribution >= 0.6 is 0 Å². The third-order valence-corrected chi connectivity index (χ3v) is 3.96. The van der Waals surface area contributed by atoms with Crippen molar-refractivity contribution in [3.63, 3.8) is 0 Å². The van der Waals surface area contributed by atoms with Gasteiger partial charge in [0.2, 0.25) is 0 Å². The summed E-state index contributed by atoms with van der Waals surface area (Å²) in [5, 5.41) is 9.20. The molecule has 1 aliphatic rings. The van der Waals surface area contributed by atoms with Crippen LogP contribution in [0.15, 0.2) is 24.3 Å². The van der Waals surface area contributed by atoms with E-state index in [4.69, 9.17) is 0 Å². The number of amides is 2. The Labute approximate surface area is 121 Å². The van der Waals surface area contributed by atoms with E-state index in [0.29, 0.717) is 5.92 Å². The first-order valence-corrected chi connectivity index (χ1v) is 7.48. The van der Waals surface area contributed by atoms with E-state index in [1.807, 2.05) is 18.2 Å². The van der Waals surface area contributed by atoms with Crippen LogP contribution in [-0.2, 0) is 0 Å². The van der Waals surface area contributed by atoms with Crippen molar-refractivity contribution in [1.29, 1.82) is 0 Å². The van der Waals surface area contributed by atoms with E-state index in [1.165, 1.54) is 12.0 Å². The molecular weight excluding hydrogens is 250 g/mol. The summed E-state index contributed by atoms with van der Waals surface area (Å²) in [6.07, 6.45) is 1.23. The first kappa shape index (κ1) is 14.9. The van der Waals surface area contributed by atoms with E-state index in [-0.39, 0.29) is 12.1 Å². The van der Waals surface area contributed by atoms with Crippen LogP contribution in [0.25, 0.3) is 0 Å². The van der Waals surface area contributed by atoms with Gasteiger partial charge < -0.3 is 16.0 Å². The fourth-order valence-electron chi connectivity index (χ4n) is 2.39. The maximum atomic E-state index is 11.8. The molecule has 2 rings (SSSR count). The van der Waals surface area contributed by atoms with Crippen molar-refractivity contribution in [2.45, 2.75) is 33.2 Å². The molecule has 1 aromatic carbocycles. The maximum absolute atomic E-state index is 11.8. The monoisotopic (exact) mass is 275 g/mol. The molecule has 0 aliphatic heterocycles. The number of hydrogen-bond acceptors (Lipinski definition) is 2. The van der Waals surface area contributed by atoms with Crippen molar-refractivity contribution in [3.8, 4) is 0 Å². The molecule has 0 bridgehead atoms. The second-order valence-electron chi connectivity index (χ2n) is 5.71.